The van der Waals surface area contributed by atoms with E-state index < -0.39 is 0 Å². The molecule has 0 saturated heterocycles. The Morgan fingerprint density at radius 1 is 0.324 bits per heavy atom. The molecule has 13 rings (SSSR count). The largest absolute Gasteiger partial charge is 0.309 e. The van der Waals surface area contributed by atoms with Crippen LogP contribution < -0.4 is 0 Å². The van der Waals surface area contributed by atoms with E-state index in [0.717, 1.165) is 66.2 Å². The van der Waals surface area contributed by atoms with Gasteiger partial charge in [0.2, 0.25) is 0 Å². The van der Waals surface area contributed by atoms with Gasteiger partial charge in [-0.15, -0.1) is 11.3 Å². The van der Waals surface area contributed by atoms with E-state index in [1.807, 2.05) is 53.9 Å². The van der Waals surface area contributed by atoms with Gasteiger partial charge in [0.25, 0.3) is 0 Å². The quantitative estimate of drug-likeness (QED) is 0.153. The van der Waals surface area contributed by atoms with E-state index in [4.69, 9.17) is 19.9 Å². The highest BCUT2D eigenvalue weighted by Crippen LogP contribution is 2.47. The summed E-state index contributed by atoms with van der Waals surface area (Å²) in [6, 6.07) is 81.1. The minimum absolute atomic E-state index is 0.553. The normalized spacial score (nSPS) is 11.5. The molecule has 4 heterocycles. The lowest BCUT2D eigenvalue weighted by molar-refractivity contribution is 1.07. The average molecular weight is 886 g/mol. The molecule has 0 spiro atoms. The van der Waals surface area contributed by atoms with Crippen molar-refractivity contribution in [3.05, 3.63) is 237 Å². The smallest absolute Gasteiger partial charge is 0.166 e. The predicted octanol–water partition coefficient (Wildman–Crippen LogP) is 16.4. The van der Waals surface area contributed by atoms with Gasteiger partial charge in [-0.1, -0.05) is 194 Å². The second-order valence-corrected chi connectivity index (χ2v) is 18.0. The van der Waals surface area contributed by atoms with E-state index in [-0.39, 0.29) is 0 Å². The van der Waals surface area contributed by atoms with Crippen molar-refractivity contribution in [1.29, 1.82) is 0 Å². The van der Waals surface area contributed by atoms with Crippen LogP contribution >= 0.6 is 11.3 Å². The van der Waals surface area contributed by atoms with Gasteiger partial charge in [-0.2, -0.15) is 0 Å². The lowest BCUT2D eigenvalue weighted by atomic mass is 9.91. The Bertz CT molecular complexity index is 3940. The monoisotopic (exact) mass is 885 g/mol. The van der Waals surface area contributed by atoms with Gasteiger partial charge in [0, 0.05) is 70.6 Å². The van der Waals surface area contributed by atoms with Crippen LogP contribution in [0.3, 0.4) is 0 Å². The van der Waals surface area contributed by atoms with Gasteiger partial charge in [-0.3, -0.25) is 4.98 Å². The zero-order valence-electron chi connectivity index (χ0n) is 36.7. The van der Waals surface area contributed by atoms with Crippen LogP contribution in [0.15, 0.2) is 237 Å². The third kappa shape index (κ3) is 6.77. The number of aromatic nitrogens is 5. The van der Waals surface area contributed by atoms with Crippen molar-refractivity contribution < 1.29 is 0 Å². The molecule has 318 valence electrons. The Balaban J connectivity index is 1.07. The summed E-state index contributed by atoms with van der Waals surface area (Å²) >= 11 is 1.83. The molecule has 4 aromatic heterocycles. The van der Waals surface area contributed by atoms with Crippen LogP contribution in [0, 0.1) is 0 Å². The molecule has 0 N–H and O–H groups in total. The Labute approximate surface area is 397 Å². The van der Waals surface area contributed by atoms with Crippen LogP contribution in [-0.4, -0.2) is 24.5 Å². The highest BCUT2D eigenvalue weighted by atomic mass is 32.1. The molecule has 0 aliphatic carbocycles. The Morgan fingerprint density at radius 2 is 0.868 bits per heavy atom. The number of para-hydroxylation sites is 2. The Kier molecular flexibility index (Phi) is 9.62. The molecule has 0 saturated carbocycles. The topological polar surface area (TPSA) is 56.5 Å². The summed E-state index contributed by atoms with van der Waals surface area (Å²) in [6.45, 7) is 0. The van der Waals surface area contributed by atoms with Crippen LogP contribution in [0.4, 0.5) is 0 Å². The summed E-state index contributed by atoms with van der Waals surface area (Å²) in [5.74, 6) is 1.75. The molecule has 68 heavy (non-hydrogen) atoms. The highest BCUT2D eigenvalue weighted by molar-refractivity contribution is 7.27. The van der Waals surface area contributed by atoms with Gasteiger partial charge in [-0.05, 0) is 64.2 Å². The highest BCUT2D eigenvalue weighted by Gasteiger charge is 2.23. The second kappa shape index (κ2) is 16.5. The molecule has 6 heteroatoms. The van der Waals surface area contributed by atoms with Gasteiger partial charge >= 0.3 is 0 Å². The predicted molar refractivity (Wildman–Crippen MR) is 283 cm³/mol. The van der Waals surface area contributed by atoms with Gasteiger partial charge in [-0.25, -0.2) is 15.0 Å². The molecule has 5 nitrogen and oxygen atoms in total. The summed E-state index contributed by atoms with van der Waals surface area (Å²) < 4.78 is 4.80. The van der Waals surface area contributed by atoms with E-state index in [2.05, 4.69) is 199 Å². The molecule has 0 unspecified atom stereocenters. The first-order chi connectivity index (χ1) is 33.7. The fourth-order valence-electron chi connectivity index (χ4n) is 9.74. The van der Waals surface area contributed by atoms with Crippen molar-refractivity contribution in [1.82, 2.24) is 24.5 Å². The molecule has 0 aliphatic heterocycles. The fraction of sp³-hybridized carbons (Fsp3) is 0. The number of fused-ring (bicyclic) bond motifs is 7. The first kappa shape index (κ1) is 39.5. The van der Waals surface area contributed by atoms with E-state index in [1.165, 1.54) is 42.8 Å². The maximum atomic E-state index is 5.47. The SMILES string of the molecule is c1ccc(-c2nc(-c3ccccc3)nc(-c3cc(-c4ccc(-c5ccccc5)c(-c5ccccc5)c4)cnc3-c3cccc4c3sc3c4ccc4c3c3ccccc3n4-c3ccccc3)n2)cc1. The van der Waals surface area contributed by atoms with Gasteiger partial charge in [0.1, 0.15) is 0 Å². The van der Waals surface area contributed by atoms with Crippen molar-refractivity contribution >= 4 is 53.3 Å². The standard InChI is InChI=1S/C62H39N5S/c1-6-19-40(20-7-1)47-34-33-44(37-52(47)41-21-8-2-9-22-41)45-38-53(62-65-60(42-23-10-3-11-24-42)64-61(66-62)43-25-12-4-13-26-43)57(63-39-45)51-31-18-30-48-49-35-36-55-56(59(49)68-58(48)51)50-29-16-17-32-54(50)67(55)46-27-14-5-15-28-46/h1-39H. The van der Waals surface area contributed by atoms with E-state index in [0.29, 0.717) is 17.5 Å². The molecule has 13 aromatic rings. The number of benzene rings is 9. The molecule has 9 aromatic carbocycles. The van der Waals surface area contributed by atoms with Crippen molar-refractivity contribution in [3.8, 4) is 84.5 Å². The number of hydrogen-bond donors (Lipinski definition) is 0. The minimum atomic E-state index is 0.553. The lowest BCUT2D eigenvalue weighted by Crippen LogP contribution is -2.02. The molecule has 0 atom stereocenters. The number of rotatable bonds is 8. The maximum absolute atomic E-state index is 5.47. The summed E-state index contributed by atoms with van der Waals surface area (Å²) in [5, 5.41) is 4.89. The van der Waals surface area contributed by atoms with E-state index in [1.54, 1.807) is 0 Å². The minimum Gasteiger partial charge on any atom is -0.309 e. The summed E-state index contributed by atoms with van der Waals surface area (Å²) in [7, 11) is 0. The number of pyridine rings is 1. The molecule has 0 aliphatic rings. The van der Waals surface area contributed by atoms with Crippen LogP contribution in [0.25, 0.3) is 126 Å². The van der Waals surface area contributed by atoms with Crippen LogP contribution in [0.2, 0.25) is 0 Å². The Hall–Kier alpha value is -8.84. The van der Waals surface area contributed by atoms with Gasteiger partial charge in [0.15, 0.2) is 17.5 Å². The van der Waals surface area contributed by atoms with Gasteiger partial charge in [0.05, 0.1) is 16.7 Å². The number of thiophene rings is 1. The average Bonchev–Trinajstić information content (AvgIpc) is 3.98. The molecular formula is C62H39N5S. The fourth-order valence-corrected chi connectivity index (χ4v) is 11.1. The number of nitrogens with zero attached hydrogens (tertiary/aromatic N) is 5. The zero-order valence-corrected chi connectivity index (χ0v) is 37.5. The molecule has 0 bridgehead atoms. The van der Waals surface area contributed by atoms with Crippen molar-refractivity contribution in [2.24, 2.45) is 0 Å². The Morgan fingerprint density at radius 3 is 1.54 bits per heavy atom. The molecule has 0 amide bonds. The van der Waals surface area contributed by atoms with Crippen molar-refractivity contribution in [3.63, 3.8) is 0 Å². The first-order valence-electron chi connectivity index (χ1n) is 22.8. The van der Waals surface area contributed by atoms with Gasteiger partial charge < -0.3 is 4.57 Å². The third-order valence-electron chi connectivity index (χ3n) is 12.9. The van der Waals surface area contributed by atoms with Crippen LogP contribution in [-0.2, 0) is 0 Å². The second-order valence-electron chi connectivity index (χ2n) is 17.0. The number of hydrogen-bond acceptors (Lipinski definition) is 5. The third-order valence-corrected chi connectivity index (χ3v) is 14.2. The van der Waals surface area contributed by atoms with Crippen molar-refractivity contribution in [2.45, 2.75) is 0 Å². The summed E-state index contributed by atoms with van der Waals surface area (Å²) in [6.07, 6.45) is 2.01. The molecular weight excluding hydrogens is 847 g/mol. The first-order valence-corrected chi connectivity index (χ1v) is 23.6. The zero-order chi connectivity index (χ0) is 45.0. The van der Waals surface area contributed by atoms with Crippen LogP contribution in [0.1, 0.15) is 0 Å². The van der Waals surface area contributed by atoms with E-state index in [9.17, 15) is 0 Å². The van der Waals surface area contributed by atoms with Crippen molar-refractivity contribution in [2.75, 3.05) is 0 Å². The maximum Gasteiger partial charge on any atom is 0.166 e. The summed E-state index contributed by atoms with van der Waals surface area (Å²) in [5.41, 5.74) is 14.6. The molecule has 0 fully saturated rings. The molecule has 0 radical (unpaired) electrons. The van der Waals surface area contributed by atoms with E-state index >= 15 is 0 Å². The summed E-state index contributed by atoms with van der Waals surface area (Å²) in [4.78, 5) is 21.2. The lowest BCUT2D eigenvalue weighted by Gasteiger charge is -2.16. The van der Waals surface area contributed by atoms with Crippen LogP contribution in [0.5, 0.6) is 0 Å².